The quantitative estimate of drug-likeness (QED) is 0.278. The van der Waals surface area contributed by atoms with Gasteiger partial charge in [-0.05, 0) is 29.8 Å². The summed E-state index contributed by atoms with van der Waals surface area (Å²) < 4.78 is 10.0. The number of rotatable bonds is 5. The summed E-state index contributed by atoms with van der Waals surface area (Å²) in [6, 6.07) is 12.8. The van der Waals surface area contributed by atoms with E-state index >= 15 is 0 Å². The third-order valence-electron chi connectivity index (χ3n) is 2.80. The molecule has 0 atom stereocenters. The first-order valence-electron chi connectivity index (χ1n) is 6.37. The standard InChI is InChI=1S/C16H13NO5/c1-21-13-9-6-12(7-10-13)8-11-16(18)22-15-5-3-2-4-14(15)17(19)20/h2-11H,1H3/b11-8+. The molecule has 6 heteroatoms. The van der Waals surface area contributed by atoms with Crippen molar-refractivity contribution in [3.8, 4) is 11.5 Å². The average molecular weight is 299 g/mol. The molecule has 112 valence electrons. The van der Waals surface area contributed by atoms with Gasteiger partial charge in [0.05, 0.1) is 12.0 Å². The molecule has 2 rings (SSSR count). The first-order chi connectivity index (χ1) is 10.6. The molecule has 0 bridgehead atoms. The van der Waals surface area contributed by atoms with Crippen LogP contribution in [0.15, 0.2) is 54.6 Å². The number of methoxy groups -OCH3 is 1. The first kappa shape index (κ1) is 15.2. The van der Waals surface area contributed by atoms with Crippen LogP contribution in [0.5, 0.6) is 11.5 Å². The Morgan fingerprint density at radius 2 is 1.82 bits per heavy atom. The molecule has 0 spiro atoms. The molecule has 0 saturated carbocycles. The Balaban J connectivity index is 2.06. The number of hydrogen-bond donors (Lipinski definition) is 0. The van der Waals surface area contributed by atoms with Gasteiger partial charge >= 0.3 is 11.7 Å². The lowest BCUT2D eigenvalue weighted by atomic mass is 10.2. The zero-order valence-corrected chi connectivity index (χ0v) is 11.8. The van der Waals surface area contributed by atoms with E-state index in [-0.39, 0.29) is 11.4 Å². The molecule has 0 fully saturated rings. The molecule has 0 aliphatic carbocycles. The summed E-state index contributed by atoms with van der Waals surface area (Å²) >= 11 is 0. The maximum absolute atomic E-state index is 11.7. The number of esters is 1. The van der Waals surface area contributed by atoms with E-state index in [1.807, 2.05) is 0 Å². The molecule has 0 aliphatic heterocycles. The summed E-state index contributed by atoms with van der Waals surface area (Å²) in [6.07, 6.45) is 2.76. The van der Waals surface area contributed by atoms with Gasteiger partial charge in [-0.3, -0.25) is 10.1 Å². The van der Waals surface area contributed by atoms with E-state index in [0.29, 0.717) is 5.75 Å². The zero-order valence-electron chi connectivity index (χ0n) is 11.8. The van der Waals surface area contributed by atoms with E-state index in [2.05, 4.69) is 0 Å². The van der Waals surface area contributed by atoms with Crippen molar-refractivity contribution in [3.05, 3.63) is 70.3 Å². The number of benzene rings is 2. The highest BCUT2D eigenvalue weighted by molar-refractivity contribution is 5.89. The second-order valence-corrected chi connectivity index (χ2v) is 4.25. The number of ether oxygens (including phenoxy) is 2. The van der Waals surface area contributed by atoms with Gasteiger partial charge in [0.2, 0.25) is 5.75 Å². The van der Waals surface area contributed by atoms with Gasteiger partial charge < -0.3 is 9.47 Å². The minimum absolute atomic E-state index is 0.0862. The molecular weight excluding hydrogens is 286 g/mol. The minimum Gasteiger partial charge on any atom is -0.497 e. The van der Waals surface area contributed by atoms with Gasteiger partial charge in [-0.25, -0.2) is 4.79 Å². The van der Waals surface area contributed by atoms with Crippen molar-refractivity contribution >= 4 is 17.7 Å². The maximum atomic E-state index is 11.7. The topological polar surface area (TPSA) is 78.7 Å². The highest BCUT2D eigenvalue weighted by Crippen LogP contribution is 2.26. The monoisotopic (exact) mass is 299 g/mol. The third kappa shape index (κ3) is 3.92. The fourth-order valence-corrected chi connectivity index (χ4v) is 1.72. The van der Waals surface area contributed by atoms with Crippen molar-refractivity contribution in [2.24, 2.45) is 0 Å². The van der Waals surface area contributed by atoms with Gasteiger partial charge in [-0.15, -0.1) is 0 Å². The number of hydrogen-bond acceptors (Lipinski definition) is 5. The lowest BCUT2D eigenvalue weighted by Crippen LogP contribution is -2.05. The predicted octanol–water partition coefficient (Wildman–Crippen LogP) is 3.22. The Morgan fingerprint density at radius 1 is 1.14 bits per heavy atom. The predicted molar refractivity (Wildman–Crippen MR) is 80.8 cm³/mol. The Hall–Kier alpha value is -3.15. The molecule has 0 saturated heterocycles. The summed E-state index contributed by atoms with van der Waals surface area (Å²) in [5.41, 5.74) is 0.522. The van der Waals surface area contributed by atoms with Crippen LogP contribution in [-0.2, 0) is 4.79 Å². The van der Waals surface area contributed by atoms with Crippen LogP contribution in [0.4, 0.5) is 5.69 Å². The van der Waals surface area contributed by atoms with E-state index in [4.69, 9.17) is 9.47 Å². The molecule has 2 aromatic rings. The van der Waals surface area contributed by atoms with Crippen molar-refractivity contribution in [1.29, 1.82) is 0 Å². The number of carbonyl (C=O) groups excluding carboxylic acids is 1. The molecule has 2 aromatic carbocycles. The number of nitrogens with zero attached hydrogens (tertiary/aromatic N) is 1. The van der Waals surface area contributed by atoms with Crippen molar-refractivity contribution in [2.45, 2.75) is 0 Å². The smallest absolute Gasteiger partial charge is 0.336 e. The highest BCUT2D eigenvalue weighted by atomic mass is 16.6. The molecule has 0 radical (unpaired) electrons. The fourth-order valence-electron chi connectivity index (χ4n) is 1.72. The van der Waals surface area contributed by atoms with Crippen LogP contribution in [0.2, 0.25) is 0 Å². The number of para-hydroxylation sites is 2. The molecule has 22 heavy (non-hydrogen) atoms. The van der Waals surface area contributed by atoms with Crippen LogP contribution in [0, 0.1) is 10.1 Å². The summed E-state index contributed by atoms with van der Waals surface area (Å²) in [7, 11) is 1.56. The van der Waals surface area contributed by atoms with Gasteiger partial charge in [0.1, 0.15) is 5.75 Å². The summed E-state index contributed by atoms with van der Waals surface area (Å²) in [5, 5.41) is 10.8. The zero-order chi connectivity index (χ0) is 15.9. The van der Waals surface area contributed by atoms with Crippen molar-refractivity contribution in [3.63, 3.8) is 0 Å². The van der Waals surface area contributed by atoms with Gasteiger partial charge in [0.25, 0.3) is 0 Å². The van der Waals surface area contributed by atoms with Crippen LogP contribution < -0.4 is 9.47 Å². The van der Waals surface area contributed by atoms with Crippen LogP contribution in [-0.4, -0.2) is 18.0 Å². The summed E-state index contributed by atoms with van der Waals surface area (Å²) in [4.78, 5) is 22.0. The molecule has 0 aliphatic rings. The molecular formula is C16H13NO5. The van der Waals surface area contributed by atoms with Crippen LogP contribution in [0.25, 0.3) is 6.08 Å². The third-order valence-corrected chi connectivity index (χ3v) is 2.80. The van der Waals surface area contributed by atoms with Gasteiger partial charge in [0.15, 0.2) is 0 Å². The van der Waals surface area contributed by atoms with Gasteiger partial charge in [-0.1, -0.05) is 24.3 Å². The number of nitro groups is 1. The number of nitro benzene ring substituents is 1. The van der Waals surface area contributed by atoms with Gasteiger partial charge in [-0.2, -0.15) is 0 Å². The lowest BCUT2D eigenvalue weighted by Gasteiger charge is -2.02. The summed E-state index contributed by atoms with van der Waals surface area (Å²) in [6.45, 7) is 0. The molecule has 0 aromatic heterocycles. The molecule has 6 nitrogen and oxygen atoms in total. The maximum Gasteiger partial charge on any atom is 0.336 e. The normalized spacial score (nSPS) is 10.4. The van der Waals surface area contributed by atoms with E-state index in [9.17, 15) is 14.9 Å². The Labute approximate surface area is 126 Å². The molecule has 0 N–H and O–H groups in total. The van der Waals surface area contributed by atoms with E-state index in [1.165, 1.54) is 24.3 Å². The van der Waals surface area contributed by atoms with Crippen molar-refractivity contribution < 1.29 is 19.2 Å². The SMILES string of the molecule is COc1ccc(/C=C/C(=O)Oc2ccccc2[N+](=O)[O-])cc1. The minimum atomic E-state index is -0.690. The average Bonchev–Trinajstić information content (AvgIpc) is 2.53. The molecule has 0 unspecified atom stereocenters. The fraction of sp³-hybridized carbons (Fsp3) is 0.0625. The second kappa shape index (κ2) is 7.03. The Bertz CT molecular complexity index is 707. The van der Waals surface area contributed by atoms with Crippen molar-refractivity contribution in [1.82, 2.24) is 0 Å². The number of carbonyl (C=O) groups is 1. The molecule has 0 heterocycles. The Kier molecular flexibility index (Phi) is 4.87. The van der Waals surface area contributed by atoms with Crippen LogP contribution in [0.3, 0.4) is 0 Å². The van der Waals surface area contributed by atoms with E-state index < -0.39 is 10.9 Å². The Morgan fingerprint density at radius 3 is 2.45 bits per heavy atom. The van der Waals surface area contributed by atoms with Crippen LogP contribution >= 0.6 is 0 Å². The lowest BCUT2D eigenvalue weighted by molar-refractivity contribution is -0.385. The van der Waals surface area contributed by atoms with Crippen LogP contribution in [0.1, 0.15) is 5.56 Å². The van der Waals surface area contributed by atoms with E-state index in [1.54, 1.807) is 43.5 Å². The first-order valence-corrected chi connectivity index (χ1v) is 6.37. The van der Waals surface area contributed by atoms with Crippen molar-refractivity contribution in [2.75, 3.05) is 7.11 Å². The van der Waals surface area contributed by atoms with Gasteiger partial charge in [0, 0.05) is 12.1 Å². The second-order valence-electron chi connectivity index (χ2n) is 4.25. The van der Waals surface area contributed by atoms with E-state index in [0.717, 1.165) is 5.56 Å². The highest BCUT2D eigenvalue weighted by Gasteiger charge is 2.15. The molecule has 0 amide bonds. The summed E-state index contributed by atoms with van der Waals surface area (Å²) in [5.74, 6) is -0.0679. The largest absolute Gasteiger partial charge is 0.497 e.